The Morgan fingerprint density at radius 3 is 0.936 bits per heavy atom. The lowest BCUT2D eigenvalue weighted by atomic mass is 9.72. The Labute approximate surface area is 541 Å². The van der Waals surface area contributed by atoms with E-state index >= 15 is 0 Å². The maximum atomic E-state index is 14.3. The lowest BCUT2D eigenvalue weighted by Crippen LogP contribution is -2.48. The molecule has 424 valence electrons. The third kappa shape index (κ3) is 16.6. The molecule has 4 aromatic rings. The van der Waals surface area contributed by atoms with Gasteiger partial charge in [0.25, 0.3) is 0 Å². The quantitative estimate of drug-likeness (QED) is 0.0492. The maximum Gasteiger partial charge on any atom is 0.391 e. The number of halogens is 16. The third-order valence-electron chi connectivity index (χ3n) is 11.4. The molecule has 2 fully saturated rings. The van der Waals surface area contributed by atoms with Gasteiger partial charge in [-0.2, -0.15) is 17.6 Å². The first-order chi connectivity index (χ1) is 35.9. The first kappa shape index (κ1) is 68.2. The predicted octanol–water partition coefficient (Wildman–Crippen LogP) is 15.0. The number of carbonyl (C=O) groups is 6. The SMILES string of the molecule is O=C(Oc1c(Br)cc(Br)cc1Br)C1CC(C(=O)Oc2c(Br)cc(Br)cc2Br)CC(C(=O)C(F)(F)S(=O)(=O)[O-])C1.O=C(Oc1c(Br)cc(Br)cc1Br)C1CCC(C(=O)C(F)(F)S(=O)(=O)[O-])C(C(=O)Oc2c(Br)cc(Br)cc2Br)C1. The lowest BCUT2D eigenvalue weighted by Gasteiger charge is -2.34. The van der Waals surface area contributed by atoms with Crippen LogP contribution in [0.2, 0.25) is 0 Å². The summed E-state index contributed by atoms with van der Waals surface area (Å²) >= 11 is 39.0. The monoisotopic (exact) mass is 1900 g/mol. The fraction of sp³-hybridized carbons (Fsp3) is 0.318. The normalized spacial score (nSPS) is 19.9. The van der Waals surface area contributed by atoms with Crippen molar-refractivity contribution in [1.82, 2.24) is 0 Å². The molecular weight excluding hydrogens is 1880 g/mol. The van der Waals surface area contributed by atoms with Gasteiger partial charge in [-0.05, 0) is 214 Å². The summed E-state index contributed by atoms with van der Waals surface area (Å²) in [5.74, 6) is -17.3. The predicted molar refractivity (Wildman–Crippen MR) is 309 cm³/mol. The minimum Gasteiger partial charge on any atom is -0.743 e. The lowest BCUT2D eigenvalue weighted by molar-refractivity contribution is -0.155. The van der Waals surface area contributed by atoms with Gasteiger partial charge in [0.1, 0.15) is 0 Å². The molecule has 5 atom stereocenters. The minimum absolute atomic E-state index is 0.0472. The van der Waals surface area contributed by atoms with Gasteiger partial charge in [0.05, 0.1) is 59.5 Å². The van der Waals surface area contributed by atoms with Crippen molar-refractivity contribution in [1.29, 1.82) is 0 Å². The van der Waals surface area contributed by atoms with Crippen LogP contribution < -0.4 is 18.9 Å². The number of hydrogen-bond acceptors (Lipinski definition) is 16. The fourth-order valence-electron chi connectivity index (χ4n) is 7.81. The van der Waals surface area contributed by atoms with Gasteiger partial charge in [-0.25, -0.2) is 16.8 Å². The summed E-state index contributed by atoms with van der Waals surface area (Å²) in [6, 6.07) is 12.6. The van der Waals surface area contributed by atoms with Crippen molar-refractivity contribution in [2.24, 2.45) is 35.5 Å². The Morgan fingerprint density at radius 1 is 0.385 bits per heavy atom. The van der Waals surface area contributed by atoms with Crippen LogP contribution in [0.5, 0.6) is 23.0 Å². The fourth-order valence-corrected chi connectivity index (χ4v) is 18.3. The third-order valence-corrected chi connectivity index (χ3v) is 19.6. The standard InChI is InChI=1S/2C22H14Br6F2O8S/c23-11-4-13(25)17(14(26)5-11)37-20(32)9-1-8(19(31)22(29,30)39(34,35)36)2-10(3-9)21(33)38-18-15(27)6-12(24)7-16(18)28;23-9-4-13(25)17(14(26)5-9)37-20(32)8-1-2-11(19(31)22(29,30)39(34,35)36)12(3-8)21(33)38-18-15(27)6-10(24)7-16(18)28/h4-10H,1-3H2,(H,34,35,36);4-8,11-12H,1-3H2,(H,34,35,36)/p-2. The van der Waals surface area contributed by atoms with Crippen molar-refractivity contribution in [3.63, 3.8) is 0 Å². The van der Waals surface area contributed by atoms with E-state index in [1.165, 1.54) is 12.1 Å². The minimum atomic E-state index is -6.37. The molecule has 34 heteroatoms. The van der Waals surface area contributed by atoms with E-state index < -0.39 is 127 Å². The Kier molecular flexibility index (Phi) is 24.1. The highest BCUT2D eigenvalue weighted by molar-refractivity contribution is 9.13. The summed E-state index contributed by atoms with van der Waals surface area (Å²) in [5.41, 5.74) is 0. The van der Waals surface area contributed by atoms with E-state index in [4.69, 9.17) is 18.9 Å². The highest BCUT2D eigenvalue weighted by Gasteiger charge is 2.55. The van der Waals surface area contributed by atoms with Crippen molar-refractivity contribution >= 4 is 247 Å². The molecule has 0 saturated heterocycles. The van der Waals surface area contributed by atoms with Crippen LogP contribution in [-0.4, -0.2) is 71.9 Å². The largest absolute Gasteiger partial charge is 0.743 e. The van der Waals surface area contributed by atoms with Gasteiger partial charge in [0.2, 0.25) is 11.6 Å². The molecule has 0 aliphatic heterocycles. The molecule has 0 aromatic heterocycles. The number of carbonyl (C=O) groups excluding carboxylic acids is 6. The second-order valence-electron chi connectivity index (χ2n) is 16.7. The zero-order valence-corrected chi connectivity index (χ0v) is 58.4. The highest BCUT2D eigenvalue weighted by atomic mass is 79.9. The van der Waals surface area contributed by atoms with E-state index in [0.29, 0.717) is 44.7 Å². The molecule has 0 amide bonds. The summed E-state index contributed by atoms with van der Waals surface area (Å²) in [7, 11) is -12.7. The van der Waals surface area contributed by atoms with Crippen LogP contribution in [-0.2, 0) is 49.0 Å². The number of benzene rings is 4. The second-order valence-corrected chi connectivity index (χ2v) is 30.0. The smallest absolute Gasteiger partial charge is 0.391 e. The second kappa shape index (κ2) is 27.6. The maximum absolute atomic E-state index is 14.3. The van der Waals surface area contributed by atoms with Crippen molar-refractivity contribution in [2.75, 3.05) is 0 Å². The summed E-state index contributed by atoms with van der Waals surface area (Å²) in [6.45, 7) is 0. The summed E-state index contributed by atoms with van der Waals surface area (Å²) < 4.78 is 151. The number of ketones is 2. The number of alkyl halides is 4. The van der Waals surface area contributed by atoms with Gasteiger partial charge < -0.3 is 28.1 Å². The average molecular weight is 1910 g/mol. The zero-order valence-electron chi connectivity index (χ0n) is 37.7. The molecule has 16 nitrogen and oxygen atoms in total. The molecule has 2 aliphatic carbocycles. The van der Waals surface area contributed by atoms with Gasteiger partial charge in [-0.15, -0.1) is 0 Å². The van der Waals surface area contributed by atoms with Crippen LogP contribution >= 0.6 is 191 Å². The number of Topliss-reactive ketones (excluding diaryl/α,β-unsaturated/α-hetero) is 2. The topological polar surface area (TPSA) is 254 Å². The van der Waals surface area contributed by atoms with E-state index in [1.54, 1.807) is 36.4 Å². The first-order valence-corrected chi connectivity index (χ1v) is 33.4. The van der Waals surface area contributed by atoms with E-state index in [-0.39, 0.29) is 44.8 Å². The van der Waals surface area contributed by atoms with E-state index in [2.05, 4.69) is 191 Å². The van der Waals surface area contributed by atoms with Crippen LogP contribution in [0.3, 0.4) is 0 Å². The molecule has 0 bridgehead atoms. The Hall–Kier alpha value is -0.600. The van der Waals surface area contributed by atoms with Gasteiger partial charge in [0, 0.05) is 29.7 Å². The van der Waals surface area contributed by atoms with Crippen molar-refractivity contribution in [2.45, 2.75) is 49.0 Å². The Morgan fingerprint density at radius 2 is 0.641 bits per heavy atom. The number of ether oxygens (including phenoxy) is 4. The van der Waals surface area contributed by atoms with Gasteiger partial charge in [-0.1, -0.05) is 63.7 Å². The van der Waals surface area contributed by atoms with Gasteiger partial charge in [0.15, 0.2) is 43.2 Å². The summed E-state index contributed by atoms with van der Waals surface area (Å²) in [4.78, 5) is 77.7. The van der Waals surface area contributed by atoms with E-state index in [1.807, 2.05) is 0 Å². The molecule has 4 aromatic carbocycles. The molecular formula is C44H26Br12F4O16S2-2. The highest BCUT2D eigenvalue weighted by Crippen LogP contribution is 2.46. The molecule has 0 heterocycles. The zero-order chi connectivity index (χ0) is 58.9. The molecule has 0 radical (unpaired) electrons. The molecule has 78 heavy (non-hydrogen) atoms. The molecule has 5 unspecified atom stereocenters. The van der Waals surface area contributed by atoms with Crippen LogP contribution in [0, 0.1) is 35.5 Å². The van der Waals surface area contributed by atoms with Crippen molar-refractivity contribution < 1.29 is 91.2 Å². The molecule has 2 saturated carbocycles. The Bertz CT molecular complexity index is 3170. The van der Waals surface area contributed by atoms with Crippen LogP contribution in [0.4, 0.5) is 17.6 Å². The molecule has 6 rings (SSSR count). The molecule has 0 spiro atoms. The average Bonchev–Trinajstić information content (AvgIpc) is 3.35. The van der Waals surface area contributed by atoms with E-state index in [0.717, 1.165) is 0 Å². The Balaban J connectivity index is 0.000000287. The van der Waals surface area contributed by atoms with Crippen LogP contribution in [0.1, 0.15) is 38.5 Å². The first-order valence-electron chi connectivity index (χ1n) is 21.1. The van der Waals surface area contributed by atoms with Crippen LogP contribution in [0.25, 0.3) is 0 Å². The number of esters is 4. The summed E-state index contributed by atoms with van der Waals surface area (Å²) in [5, 5.41) is -10.5. The van der Waals surface area contributed by atoms with Gasteiger partial charge in [-0.3, -0.25) is 28.8 Å². The van der Waals surface area contributed by atoms with Crippen molar-refractivity contribution in [3.05, 3.63) is 102 Å². The molecule has 2 aliphatic rings. The van der Waals surface area contributed by atoms with E-state index in [9.17, 15) is 72.3 Å². The number of rotatable bonds is 14. The molecule has 0 N–H and O–H groups in total. The van der Waals surface area contributed by atoms with Crippen LogP contribution in [0.15, 0.2) is 102 Å². The summed E-state index contributed by atoms with van der Waals surface area (Å²) in [6.07, 6.45) is -2.61. The van der Waals surface area contributed by atoms with Crippen molar-refractivity contribution in [3.8, 4) is 23.0 Å². The number of hydrogen-bond donors (Lipinski definition) is 0. The van der Waals surface area contributed by atoms with Gasteiger partial charge >= 0.3 is 34.4 Å².